The molecule has 3 unspecified atom stereocenters. The molecular weight excluding hydrogens is 725 g/mol. The summed E-state index contributed by atoms with van der Waals surface area (Å²) in [5.41, 5.74) is 0. The zero-order valence-corrected chi connectivity index (χ0v) is 36.7. The van der Waals surface area contributed by atoms with Crippen molar-refractivity contribution in [3.8, 4) is 0 Å². The minimum atomic E-state index is -0.967. The van der Waals surface area contributed by atoms with Crippen molar-refractivity contribution >= 4 is 11.9 Å². The highest BCUT2D eigenvalue weighted by Crippen LogP contribution is 2.10. The van der Waals surface area contributed by atoms with E-state index in [-0.39, 0.29) is 6.61 Å². The van der Waals surface area contributed by atoms with E-state index in [9.17, 15) is 14.7 Å². The average molecular weight is 805 g/mol. The van der Waals surface area contributed by atoms with Crippen molar-refractivity contribution in [1.82, 2.24) is 0 Å². The fraction of sp³-hybridized carbons (Fsp3) is 0.569. The van der Waals surface area contributed by atoms with Crippen molar-refractivity contribution in [3.63, 3.8) is 0 Å². The summed E-state index contributed by atoms with van der Waals surface area (Å²) in [6.45, 7) is 8.19. The van der Waals surface area contributed by atoms with E-state index >= 15 is 0 Å². The normalized spacial score (nSPS) is 14.5. The first-order valence-electron chi connectivity index (χ1n) is 22.2. The molecule has 0 fully saturated rings. The average Bonchev–Trinajstić information content (AvgIpc) is 3.23. The summed E-state index contributed by atoms with van der Waals surface area (Å²) in [6.07, 6.45) is 57.7. The van der Waals surface area contributed by atoms with Gasteiger partial charge in [0.05, 0.1) is 6.61 Å². The lowest BCUT2D eigenvalue weighted by Gasteiger charge is -2.21. The molecule has 0 aliphatic heterocycles. The molecule has 0 bridgehead atoms. The number of rotatable bonds is 38. The topological polar surface area (TPSA) is 91.3 Å². The van der Waals surface area contributed by atoms with Crippen LogP contribution in [0.1, 0.15) is 143 Å². The summed E-state index contributed by atoms with van der Waals surface area (Å²) >= 11 is 0. The van der Waals surface area contributed by atoms with Gasteiger partial charge in [0.1, 0.15) is 6.61 Å². The maximum Gasteiger partial charge on any atom is 0.335 e. The van der Waals surface area contributed by atoms with Crippen LogP contribution in [-0.4, -0.2) is 61.8 Å². The number of carbonyl (C=O) groups excluding carboxylic acids is 2. The van der Waals surface area contributed by atoms with Gasteiger partial charge < -0.3 is 24.1 Å². The first kappa shape index (κ1) is 54.2. The predicted molar refractivity (Wildman–Crippen MR) is 245 cm³/mol. The van der Waals surface area contributed by atoms with Gasteiger partial charge in [0, 0.05) is 13.2 Å². The molecule has 0 aliphatic rings. The number of esters is 2. The third-order valence-electron chi connectivity index (χ3n) is 8.65. The highest BCUT2D eigenvalue weighted by molar-refractivity contribution is 5.75. The second-order valence-corrected chi connectivity index (χ2v) is 13.8. The second kappa shape index (κ2) is 44.3. The van der Waals surface area contributed by atoms with Crippen molar-refractivity contribution in [1.29, 1.82) is 0 Å². The molecule has 58 heavy (non-hydrogen) atoms. The van der Waals surface area contributed by atoms with E-state index in [0.717, 1.165) is 103 Å². The number of ether oxygens (including phenoxy) is 4. The van der Waals surface area contributed by atoms with Gasteiger partial charge in [-0.2, -0.15) is 0 Å². The third-order valence-corrected chi connectivity index (χ3v) is 8.65. The minimum Gasteiger partial charge on any atom is -0.460 e. The molecule has 0 saturated heterocycles. The molecule has 3 atom stereocenters. The van der Waals surface area contributed by atoms with Gasteiger partial charge in [-0.25, -0.2) is 9.59 Å². The Labute approximate surface area is 354 Å². The molecular formula is C51H80O7. The van der Waals surface area contributed by atoms with E-state index < -0.39 is 36.9 Å². The maximum absolute atomic E-state index is 12.7. The summed E-state index contributed by atoms with van der Waals surface area (Å²) in [4.78, 5) is 25.4. The van der Waals surface area contributed by atoms with Crippen molar-refractivity contribution in [3.05, 3.63) is 122 Å². The summed E-state index contributed by atoms with van der Waals surface area (Å²) in [6, 6.07) is 0. The lowest BCUT2D eigenvalue weighted by Crippen LogP contribution is -2.36. The Balaban J connectivity index is 4.11. The molecule has 7 nitrogen and oxygen atoms in total. The van der Waals surface area contributed by atoms with E-state index in [4.69, 9.17) is 18.9 Å². The lowest BCUT2D eigenvalue weighted by atomic mass is 10.2. The molecule has 0 aromatic carbocycles. The van der Waals surface area contributed by atoms with Crippen molar-refractivity contribution in [2.75, 3.05) is 26.4 Å². The Morgan fingerprint density at radius 2 is 0.776 bits per heavy atom. The lowest BCUT2D eigenvalue weighted by molar-refractivity contribution is -0.175. The van der Waals surface area contributed by atoms with Crippen molar-refractivity contribution in [2.45, 2.75) is 162 Å². The standard InChI is InChI=1S/C51H80O7/c1-5-9-11-13-15-17-19-21-23-25-27-29-31-33-35-37-39-41-43-55-48(7-3)50(53)57-46-47(45-52)58-51(54)49(8-4)56-44-42-40-38-36-34-32-30-28-26-24-22-20-18-16-14-12-10-6-2/h9-12,15-18,21-24,27-30,33-36,47-49,52H,5-8,13-14,19-20,25-26,31-32,37-46H2,1-4H3/b11-9-,12-10-,17-15-,18-16-,23-21-,24-22-,29-27-,30-28-,35-33-,36-34-. The Morgan fingerprint density at radius 1 is 0.448 bits per heavy atom. The Morgan fingerprint density at radius 3 is 1.10 bits per heavy atom. The predicted octanol–water partition coefficient (Wildman–Crippen LogP) is 12.9. The van der Waals surface area contributed by atoms with Crippen LogP contribution < -0.4 is 0 Å². The number of aliphatic hydroxyl groups is 1. The number of allylic oxidation sites excluding steroid dienone is 20. The van der Waals surface area contributed by atoms with Crippen LogP contribution in [-0.2, 0) is 28.5 Å². The molecule has 0 aromatic heterocycles. The summed E-state index contributed by atoms with van der Waals surface area (Å²) < 4.78 is 22.4. The maximum atomic E-state index is 12.7. The van der Waals surface area contributed by atoms with Crippen LogP contribution in [0.4, 0.5) is 0 Å². The fourth-order valence-electron chi connectivity index (χ4n) is 5.25. The number of hydrogen-bond donors (Lipinski definition) is 1. The van der Waals surface area contributed by atoms with Crippen LogP contribution in [0.3, 0.4) is 0 Å². The largest absolute Gasteiger partial charge is 0.460 e. The zero-order valence-electron chi connectivity index (χ0n) is 36.7. The van der Waals surface area contributed by atoms with E-state index in [0.29, 0.717) is 26.1 Å². The van der Waals surface area contributed by atoms with Gasteiger partial charge in [-0.3, -0.25) is 0 Å². The smallest absolute Gasteiger partial charge is 0.335 e. The van der Waals surface area contributed by atoms with Gasteiger partial charge in [0.2, 0.25) is 0 Å². The molecule has 0 saturated carbocycles. The highest BCUT2D eigenvalue weighted by Gasteiger charge is 2.25. The SMILES string of the molecule is CC/C=C\C/C=C\C/C=C\C/C=C\C/C=C\CCCCOC(CC)C(=O)OCC(CO)OC(=O)C(CC)OCCCC/C=C\C/C=C\C/C=C\C/C=C\C/C=C\CC. The number of unbranched alkanes of at least 4 members (excludes halogenated alkanes) is 4. The fourth-order valence-corrected chi connectivity index (χ4v) is 5.25. The van der Waals surface area contributed by atoms with Crippen LogP contribution in [0.2, 0.25) is 0 Å². The number of aliphatic hydroxyl groups excluding tert-OH is 1. The molecule has 0 aliphatic carbocycles. The molecule has 1 N–H and O–H groups in total. The number of hydrogen-bond acceptors (Lipinski definition) is 7. The summed E-state index contributed by atoms with van der Waals surface area (Å²) in [7, 11) is 0. The van der Waals surface area contributed by atoms with Gasteiger partial charge in [-0.15, -0.1) is 0 Å². The van der Waals surface area contributed by atoms with Crippen LogP contribution in [0.5, 0.6) is 0 Å². The first-order valence-corrected chi connectivity index (χ1v) is 22.2. The van der Waals surface area contributed by atoms with Crippen LogP contribution in [0.25, 0.3) is 0 Å². The molecule has 326 valence electrons. The van der Waals surface area contributed by atoms with Gasteiger partial charge in [0.15, 0.2) is 18.3 Å². The van der Waals surface area contributed by atoms with Crippen molar-refractivity contribution in [2.24, 2.45) is 0 Å². The van der Waals surface area contributed by atoms with E-state index in [1.807, 2.05) is 13.8 Å². The van der Waals surface area contributed by atoms with Crippen LogP contribution in [0.15, 0.2) is 122 Å². The first-order chi connectivity index (χ1) is 28.5. The Hall–Kier alpha value is -3.78. The van der Waals surface area contributed by atoms with Gasteiger partial charge in [0.25, 0.3) is 0 Å². The summed E-state index contributed by atoms with van der Waals surface area (Å²) in [5, 5.41) is 9.79. The third kappa shape index (κ3) is 36.6. The highest BCUT2D eigenvalue weighted by atomic mass is 16.6. The second-order valence-electron chi connectivity index (χ2n) is 13.8. The minimum absolute atomic E-state index is 0.241. The monoisotopic (exact) mass is 805 g/mol. The quantitative estimate of drug-likeness (QED) is 0.0377. The van der Waals surface area contributed by atoms with E-state index in [2.05, 4.69) is 135 Å². The summed E-state index contributed by atoms with van der Waals surface area (Å²) in [5.74, 6) is -1.09. The zero-order chi connectivity index (χ0) is 42.4. The molecule has 0 aromatic rings. The van der Waals surface area contributed by atoms with Crippen LogP contribution in [0, 0.1) is 0 Å². The van der Waals surface area contributed by atoms with Crippen LogP contribution >= 0.6 is 0 Å². The molecule has 0 amide bonds. The van der Waals surface area contributed by atoms with E-state index in [1.54, 1.807) is 0 Å². The molecule has 7 heteroatoms. The molecule has 0 heterocycles. The van der Waals surface area contributed by atoms with Crippen molar-refractivity contribution < 1.29 is 33.6 Å². The Bertz CT molecular complexity index is 1260. The van der Waals surface area contributed by atoms with Gasteiger partial charge in [-0.05, 0) is 116 Å². The molecule has 0 rings (SSSR count). The van der Waals surface area contributed by atoms with Gasteiger partial charge in [-0.1, -0.05) is 149 Å². The number of carbonyl (C=O) groups is 2. The molecule has 0 spiro atoms. The van der Waals surface area contributed by atoms with Gasteiger partial charge >= 0.3 is 11.9 Å². The Kier molecular flexibility index (Phi) is 41.4. The molecule has 0 radical (unpaired) electrons. The van der Waals surface area contributed by atoms with E-state index in [1.165, 1.54) is 0 Å².